The maximum absolute atomic E-state index is 11.4. The van der Waals surface area contributed by atoms with Crippen molar-refractivity contribution in [3.8, 4) is 0 Å². The molecule has 0 bridgehead atoms. The molecule has 1 rings (SSSR count). The van der Waals surface area contributed by atoms with Crippen LogP contribution in [0.3, 0.4) is 0 Å². The molecular weight excluding hydrogens is 200 g/mol. The van der Waals surface area contributed by atoms with E-state index in [4.69, 9.17) is 0 Å². The Hall–Kier alpha value is -1.35. The van der Waals surface area contributed by atoms with Crippen LogP contribution >= 0.6 is 0 Å². The number of benzene rings is 1. The van der Waals surface area contributed by atoms with Crippen LogP contribution in [0.1, 0.15) is 24.1 Å². The third kappa shape index (κ3) is 3.66. The highest BCUT2D eigenvalue weighted by atomic mass is 16.2. The highest BCUT2D eigenvalue weighted by Crippen LogP contribution is 2.13. The quantitative estimate of drug-likeness (QED) is 0.838. The molecule has 0 aliphatic carbocycles. The van der Waals surface area contributed by atoms with Crippen LogP contribution in [0, 0.1) is 6.92 Å². The number of likely N-dealkylation sites (N-methyl/N-ethyl adjacent to an activating group) is 1. The SMILES string of the molecule is Cc1cccc([C@H](C)NCC(=O)N(C)C)c1. The summed E-state index contributed by atoms with van der Waals surface area (Å²) in [5, 5.41) is 3.22. The van der Waals surface area contributed by atoms with Crippen molar-refractivity contribution in [2.75, 3.05) is 20.6 Å². The molecule has 1 aromatic rings. The third-order valence-corrected chi connectivity index (χ3v) is 2.60. The van der Waals surface area contributed by atoms with Crippen molar-refractivity contribution in [1.29, 1.82) is 0 Å². The first-order valence-corrected chi connectivity index (χ1v) is 5.51. The zero-order valence-electron chi connectivity index (χ0n) is 10.4. The molecule has 0 aliphatic heterocycles. The van der Waals surface area contributed by atoms with Gasteiger partial charge in [0.1, 0.15) is 0 Å². The van der Waals surface area contributed by atoms with E-state index in [9.17, 15) is 4.79 Å². The summed E-state index contributed by atoms with van der Waals surface area (Å²) in [5.41, 5.74) is 2.46. The molecule has 3 heteroatoms. The lowest BCUT2D eigenvalue weighted by atomic mass is 10.1. The molecule has 88 valence electrons. The van der Waals surface area contributed by atoms with Crippen molar-refractivity contribution in [2.24, 2.45) is 0 Å². The van der Waals surface area contributed by atoms with Crippen LogP contribution in [-0.4, -0.2) is 31.4 Å². The Balaban J connectivity index is 2.53. The van der Waals surface area contributed by atoms with Crippen LogP contribution in [0.5, 0.6) is 0 Å². The molecule has 0 unspecified atom stereocenters. The van der Waals surface area contributed by atoms with Gasteiger partial charge in [0.05, 0.1) is 6.54 Å². The van der Waals surface area contributed by atoms with Gasteiger partial charge in [0, 0.05) is 20.1 Å². The van der Waals surface area contributed by atoms with Gasteiger partial charge in [-0.15, -0.1) is 0 Å². The molecule has 0 fully saturated rings. The summed E-state index contributed by atoms with van der Waals surface area (Å²) in [6.07, 6.45) is 0. The minimum absolute atomic E-state index is 0.0968. The van der Waals surface area contributed by atoms with Crippen LogP contribution in [0.15, 0.2) is 24.3 Å². The monoisotopic (exact) mass is 220 g/mol. The number of hydrogen-bond acceptors (Lipinski definition) is 2. The average Bonchev–Trinajstić information content (AvgIpc) is 2.25. The Morgan fingerprint density at radius 3 is 2.69 bits per heavy atom. The summed E-state index contributed by atoms with van der Waals surface area (Å²) in [5.74, 6) is 0.0968. The molecule has 0 radical (unpaired) electrons. The zero-order chi connectivity index (χ0) is 12.1. The Bertz CT molecular complexity index is 361. The normalized spacial score (nSPS) is 12.2. The summed E-state index contributed by atoms with van der Waals surface area (Å²) >= 11 is 0. The Morgan fingerprint density at radius 1 is 1.44 bits per heavy atom. The van der Waals surface area contributed by atoms with Gasteiger partial charge in [-0.1, -0.05) is 29.8 Å². The van der Waals surface area contributed by atoms with Gasteiger partial charge >= 0.3 is 0 Å². The maximum atomic E-state index is 11.4. The first-order chi connectivity index (χ1) is 7.50. The number of carbonyl (C=O) groups excluding carboxylic acids is 1. The average molecular weight is 220 g/mol. The summed E-state index contributed by atoms with van der Waals surface area (Å²) in [7, 11) is 3.53. The second-order valence-corrected chi connectivity index (χ2v) is 4.30. The van der Waals surface area contributed by atoms with Crippen LogP contribution in [0.25, 0.3) is 0 Å². The lowest BCUT2D eigenvalue weighted by Gasteiger charge is -2.16. The first kappa shape index (κ1) is 12.7. The highest BCUT2D eigenvalue weighted by Gasteiger charge is 2.08. The van der Waals surface area contributed by atoms with Gasteiger partial charge in [0.25, 0.3) is 0 Å². The third-order valence-electron chi connectivity index (χ3n) is 2.60. The summed E-state index contributed by atoms with van der Waals surface area (Å²) in [6.45, 7) is 4.51. The van der Waals surface area contributed by atoms with E-state index in [2.05, 4.69) is 37.4 Å². The topological polar surface area (TPSA) is 32.3 Å². The summed E-state index contributed by atoms with van der Waals surface area (Å²) < 4.78 is 0. The Labute approximate surface area is 97.5 Å². The van der Waals surface area contributed by atoms with Crippen molar-refractivity contribution in [3.05, 3.63) is 35.4 Å². The summed E-state index contributed by atoms with van der Waals surface area (Å²) in [6, 6.07) is 8.52. The summed E-state index contributed by atoms with van der Waals surface area (Å²) in [4.78, 5) is 13.0. The molecule has 0 saturated heterocycles. The van der Waals surface area contributed by atoms with E-state index in [1.54, 1.807) is 19.0 Å². The minimum Gasteiger partial charge on any atom is -0.348 e. The fraction of sp³-hybridized carbons (Fsp3) is 0.462. The van der Waals surface area contributed by atoms with Crippen LogP contribution in [0.2, 0.25) is 0 Å². The fourth-order valence-corrected chi connectivity index (χ4v) is 1.46. The van der Waals surface area contributed by atoms with E-state index >= 15 is 0 Å². The molecule has 3 nitrogen and oxygen atoms in total. The number of aryl methyl sites for hydroxylation is 1. The predicted octanol–water partition coefficient (Wildman–Crippen LogP) is 1.73. The molecule has 0 aliphatic rings. The highest BCUT2D eigenvalue weighted by molar-refractivity contribution is 5.77. The molecule has 0 aromatic heterocycles. The standard InChI is InChI=1S/C13H20N2O/c1-10-6-5-7-12(8-10)11(2)14-9-13(16)15(3)4/h5-8,11,14H,9H2,1-4H3/t11-/m0/s1. The number of amides is 1. The van der Waals surface area contributed by atoms with Gasteiger partial charge < -0.3 is 10.2 Å². The minimum atomic E-state index is 0.0968. The molecular formula is C13H20N2O. The van der Waals surface area contributed by atoms with Crippen molar-refractivity contribution < 1.29 is 4.79 Å². The van der Waals surface area contributed by atoms with E-state index < -0.39 is 0 Å². The van der Waals surface area contributed by atoms with Crippen molar-refractivity contribution in [2.45, 2.75) is 19.9 Å². The lowest BCUT2D eigenvalue weighted by Crippen LogP contribution is -2.34. The Kier molecular flexibility index (Phi) is 4.50. The second kappa shape index (κ2) is 5.66. The molecule has 16 heavy (non-hydrogen) atoms. The van der Waals surface area contributed by atoms with Gasteiger partial charge in [-0.2, -0.15) is 0 Å². The van der Waals surface area contributed by atoms with E-state index in [1.165, 1.54) is 11.1 Å². The van der Waals surface area contributed by atoms with Crippen LogP contribution in [0.4, 0.5) is 0 Å². The zero-order valence-corrected chi connectivity index (χ0v) is 10.4. The van der Waals surface area contributed by atoms with Gasteiger partial charge in [0.2, 0.25) is 5.91 Å². The molecule has 1 atom stereocenters. The molecule has 1 N–H and O–H groups in total. The van der Waals surface area contributed by atoms with Crippen molar-refractivity contribution in [3.63, 3.8) is 0 Å². The number of carbonyl (C=O) groups is 1. The molecule has 1 aromatic carbocycles. The first-order valence-electron chi connectivity index (χ1n) is 5.51. The number of nitrogens with zero attached hydrogens (tertiary/aromatic N) is 1. The van der Waals surface area contributed by atoms with Gasteiger partial charge in [-0.05, 0) is 19.4 Å². The Morgan fingerprint density at radius 2 is 2.12 bits per heavy atom. The number of rotatable bonds is 4. The van der Waals surface area contributed by atoms with E-state index in [-0.39, 0.29) is 11.9 Å². The van der Waals surface area contributed by atoms with Crippen molar-refractivity contribution >= 4 is 5.91 Å². The predicted molar refractivity (Wildman–Crippen MR) is 66.3 cm³/mol. The van der Waals surface area contributed by atoms with E-state index in [0.717, 1.165) is 0 Å². The van der Waals surface area contributed by atoms with Gasteiger partial charge in [-0.3, -0.25) is 4.79 Å². The van der Waals surface area contributed by atoms with E-state index in [0.29, 0.717) is 6.54 Å². The van der Waals surface area contributed by atoms with Gasteiger partial charge in [0.15, 0.2) is 0 Å². The second-order valence-electron chi connectivity index (χ2n) is 4.30. The van der Waals surface area contributed by atoms with Crippen LogP contribution < -0.4 is 5.32 Å². The largest absolute Gasteiger partial charge is 0.348 e. The smallest absolute Gasteiger partial charge is 0.236 e. The van der Waals surface area contributed by atoms with Crippen LogP contribution in [-0.2, 0) is 4.79 Å². The molecule has 1 amide bonds. The molecule has 0 spiro atoms. The number of nitrogens with one attached hydrogen (secondary N) is 1. The van der Waals surface area contributed by atoms with Crippen molar-refractivity contribution in [1.82, 2.24) is 10.2 Å². The molecule has 0 saturated carbocycles. The molecule has 0 heterocycles. The number of hydrogen-bond donors (Lipinski definition) is 1. The van der Waals surface area contributed by atoms with E-state index in [1.807, 2.05) is 6.07 Å². The fourth-order valence-electron chi connectivity index (χ4n) is 1.46. The maximum Gasteiger partial charge on any atom is 0.236 e. The van der Waals surface area contributed by atoms with Gasteiger partial charge in [-0.25, -0.2) is 0 Å². The lowest BCUT2D eigenvalue weighted by molar-refractivity contribution is -0.127.